The Morgan fingerprint density at radius 2 is 2.04 bits per heavy atom. The number of anilines is 1. The van der Waals surface area contributed by atoms with E-state index in [2.05, 4.69) is 21.2 Å². The van der Waals surface area contributed by atoms with E-state index in [4.69, 9.17) is 9.47 Å². The van der Waals surface area contributed by atoms with Crippen molar-refractivity contribution >= 4 is 27.5 Å². The molecule has 0 spiro atoms. The minimum Gasteiger partial charge on any atom is -0.486 e. The molecule has 1 unspecified atom stereocenters. The van der Waals surface area contributed by atoms with Gasteiger partial charge >= 0.3 is 0 Å². The first-order chi connectivity index (χ1) is 13.0. The van der Waals surface area contributed by atoms with Gasteiger partial charge in [-0.2, -0.15) is 0 Å². The highest BCUT2D eigenvalue weighted by atomic mass is 79.9. The van der Waals surface area contributed by atoms with Gasteiger partial charge in [0.05, 0.1) is 12.2 Å². The van der Waals surface area contributed by atoms with Gasteiger partial charge in [-0.05, 0) is 40.7 Å². The maximum Gasteiger partial charge on any atom is 0.238 e. The van der Waals surface area contributed by atoms with Crippen LogP contribution in [0.3, 0.4) is 0 Å². The van der Waals surface area contributed by atoms with Gasteiger partial charge in [-0.1, -0.05) is 19.1 Å². The summed E-state index contributed by atoms with van der Waals surface area (Å²) in [5.41, 5.74) is -0.0800. The van der Waals surface area contributed by atoms with E-state index in [-0.39, 0.29) is 22.8 Å². The Labute approximate surface area is 164 Å². The Bertz CT molecular complexity index is 811. The zero-order chi connectivity index (χ0) is 19.4. The molecule has 1 heterocycles. The second kappa shape index (κ2) is 8.67. The summed E-state index contributed by atoms with van der Waals surface area (Å²) in [5.74, 6) is -0.584. The molecule has 3 rings (SSSR count). The maximum absolute atomic E-state index is 13.9. The Morgan fingerprint density at radius 1 is 1.30 bits per heavy atom. The molecule has 2 aromatic carbocycles. The minimum atomic E-state index is -0.834. The topological polar surface area (TPSA) is 50.8 Å². The zero-order valence-electron chi connectivity index (χ0n) is 14.7. The summed E-state index contributed by atoms with van der Waals surface area (Å²) >= 11 is 3.06. The zero-order valence-corrected chi connectivity index (χ0v) is 16.3. The molecule has 0 aliphatic carbocycles. The summed E-state index contributed by atoms with van der Waals surface area (Å²) in [6.07, 6.45) is -0.220. The first kappa shape index (κ1) is 19.6. The van der Waals surface area contributed by atoms with Crippen molar-refractivity contribution in [3.63, 3.8) is 0 Å². The Balaban J connectivity index is 1.58. The summed E-state index contributed by atoms with van der Waals surface area (Å²) in [5, 5.41) is 2.48. The molecular formula is C19H19BrF2N2O3. The van der Waals surface area contributed by atoms with Crippen molar-refractivity contribution in [2.24, 2.45) is 0 Å². The lowest BCUT2D eigenvalue weighted by Crippen LogP contribution is -2.43. The number of fused-ring (bicyclic) bond motifs is 1. The van der Waals surface area contributed by atoms with Crippen molar-refractivity contribution < 1.29 is 23.0 Å². The number of nitrogens with one attached hydrogen (secondary N) is 1. The fourth-order valence-corrected chi connectivity index (χ4v) is 3.30. The number of ether oxygens (including phenoxy) is 2. The van der Waals surface area contributed by atoms with Crippen molar-refractivity contribution in [1.82, 2.24) is 4.90 Å². The van der Waals surface area contributed by atoms with Crippen LogP contribution in [0.4, 0.5) is 14.5 Å². The summed E-state index contributed by atoms with van der Waals surface area (Å²) in [4.78, 5) is 14.2. The molecule has 27 heavy (non-hydrogen) atoms. The Kier molecular flexibility index (Phi) is 6.28. The highest BCUT2D eigenvalue weighted by Crippen LogP contribution is 2.31. The fraction of sp³-hybridized carbons (Fsp3) is 0.316. The number of carbonyl (C=O) groups is 1. The van der Waals surface area contributed by atoms with Gasteiger partial charge in [0.2, 0.25) is 5.91 Å². The van der Waals surface area contributed by atoms with E-state index in [9.17, 15) is 13.6 Å². The predicted molar refractivity (Wildman–Crippen MR) is 101 cm³/mol. The van der Waals surface area contributed by atoms with Crippen LogP contribution in [-0.2, 0) is 4.79 Å². The third kappa shape index (κ3) is 4.95. The van der Waals surface area contributed by atoms with Crippen LogP contribution < -0.4 is 14.8 Å². The molecule has 0 saturated carbocycles. The molecule has 5 nitrogen and oxygen atoms in total. The van der Waals surface area contributed by atoms with E-state index in [1.54, 1.807) is 0 Å². The molecule has 0 radical (unpaired) electrons. The van der Waals surface area contributed by atoms with Crippen LogP contribution >= 0.6 is 15.9 Å². The summed E-state index contributed by atoms with van der Waals surface area (Å²) in [6.45, 7) is 3.42. The van der Waals surface area contributed by atoms with Crippen molar-refractivity contribution in [1.29, 1.82) is 0 Å². The second-order valence-corrected chi connectivity index (χ2v) is 6.97. The van der Waals surface area contributed by atoms with Crippen molar-refractivity contribution in [2.75, 3.05) is 31.6 Å². The summed E-state index contributed by atoms with van der Waals surface area (Å²) in [6, 6.07) is 9.23. The quantitative estimate of drug-likeness (QED) is 0.741. The van der Waals surface area contributed by atoms with Crippen LogP contribution in [-0.4, -0.2) is 43.2 Å². The molecule has 0 fully saturated rings. The summed E-state index contributed by atoms with van der Waals surface area (Å²) in [7, 11) is 0. The monoisotopic (exact) mass is 440 g/mol. The number of hydrogen-bond acceptors (Lipinski definition) is 4. The van der Waals surface area contributed by atoms with Crippen LogP contribution in [0.25, 0.3) is 0 Å². The van der Waals surface area contributed by atoms with E-state index >= 15 is 0 Å². The molecule has 1 aliphatic rings. The second-order valence-electron chi connectivity index (χ2n) is 6.12. The number of carbonyl (C=O) groups excluding carboxylic acids is 1. The summed E-state index contributed by atoms with van der Waals surface area (Å²) < 4.78 is 38.8. The lowest BCUT2D eigenvalue weighted by molar-refractivity contribution is -0.117. The van der Waals surface area contributed by atoms with Gasteiger partial charge in [0.1, 0.15) is 18.5 Å². The molecule has 8 heteroatoms. The van der Waals surface area contributed by atoms with Gasteiger partial charge in [0, 0.05) is 17.1 Å². The van der Waals surface area contributed by atoms with Crippen LogP contribution in [0.5, 0.6) is 11.5 Å². The standard InChI is InChI=1S/C19H19BrF2N2O3/c1-2-24(9-13-11-26-16-5-3-4-6-17(16)27-13)10-18(25)23-19-14(20)7-12(21)8-15(19)22/h3-8,13H,2,9-11H2,1H3,(H,23,25). The molecular weight excluding hydrogens is 422 g/mol. The van der Waals surface area contributed by atoms with Gasteiger partial charge < -0.3 is 14.8 Å². The number of benzene rings is 2. The average molecular weight is 441 g/mol. The van der Waals surface area contributed by atoms with Crippen molar-refractivity contribution in [2.45, 2.75) is 13.0 Å². The van der Waals surface area contributed by atoms with Crippen LogP contribution in [0.15, 0.2) is 40.9 Å². The molecule has 1 aliphatic heterocycles. The number of rotatable bonds is 6. The smallest absolute Gasteiger partial charge is 0.238 e. The maximum atomic E-state index is 13.9. The number of hydrogen-bond donors (Lipinski definition) is 1. The lowest BCUT2D eigenvalue weighted by Gasteiger charge is -2.30. The molecule has 1 N–H and O–H groups in total. The molecule has 0 saturated heterocycles. The molecule has 2 aromatic rings. The number of amides is 1. The van der Waals surface area contributed by atoms with Crippen LogP contribution in [0.1, 0.15) is 6.92 Å². The largest absolute Gasteiger partial charge is 0.486 e. The lowest BCUT2D eigenvalue weighted by atomic mass is 10.2. The van der Waals surface area contributed by atoms with Gasteiger partial charge in [-0.3, -0.25) is 9.69 Å². The molecule has 144 valence electrons. The highest BCUT2D eigenvalue weighted by molar-refractivity contribution is 9.10. The number of para-hydroxylation sites is 2. The number of nitrogens with zero attached hydrogens (tertiary/aromatic N) is 1. The first-order valence-electron chi connectivity index (χ1n) is 8.51. The average Bonchev–Trinajstić information content (AvgIpc) is 2.64. The van der Waals surface area contributed by atoms with Crippen LogP contribution in [0, 0.1) is 11.6 Å². The predicted octanol–water partition coefficient (Wildman–Crippen LogP) is 3.83. The van der Waals surface area contributed by atoms with Gasteiger partial charge in [0.15, 0.2) is 17.3 Å². The molecule has 1 atom stereocenters. The van der Waals surface area contributed by atoms with Crippen molar-refractivity contribution in [3.05, 3.63) is 52.5 Å². The SMILES string of the molecule is CCN(CC(=O)Nc1c(F)cc(F)cc1Br)CC1COc2ccccc2O1. The van der Waals surface area contributed by atoms with E-state index in [0.717, 1.165) is 12.1 Å². The Hall–Kier alpha value is -2.19. The highest BCUT2D eigenvalue weighted by Gasteiger charge is 2.24. The van der Waals surface area contributed by atoms with Gasteiger partial charge in [-0.25, -0.2) is 8.78 Å². The van der Waals surface area contributed by atoms with Crippen LogP contribution in [0.2, 0.25) is 0 Å². The van der Waals surface area contributed by atoms with E-state index in [1.165, 1.54) is 0 Å². The third-order valence-corrected chi connectivity index (χ3v) is 4.74. The van der Waals surface area contributed by atoms with Gasteiger partial charge in [-0.15, -0.1) is 0 Å². The van der Waals surface area contributed by atoms with E-state index < -0.39 is 17.5 Å². The number of likely N-dealkylation sites (N-methyl/N-ethyl adjacent to an activating group) is 1. The number of halogens is 3. The van der Waals surface area contributed by atoms with Crippen molar-refractivity contribution in [3.8, 4) is 11.5 Å². The molecule has 1 amide bonds. The first-order valence-corrected chi connectivity index (χ1v) is 9.30. The Morgan fingerprint density at radius 3 is 2.74 bits per heavy atom. The van der Waals surface area contributed by atoms with Gasteiger partial charge in [0.25, 0.3) is 0 Å². The van der Waals surface area contributed by atoms with E-state index in [0.29, 0.717) is 31.2 Å². The normalized spacial score (nSPS) is 15.7. The fourth-order valence-electron chi connectivity index (χ4n) is 2.79. The third-order valence-electron chi connectivity index (χ3n) is 4.12. The van der Waals surface area contributed by atoms with E-state index in [1.807, 2.05) is 36.1 Å². The molecule has 0 bridgehead atoms. The molecule has 0 aromatic heterocycles. The minimum absolute atomic E-state index is 0.0429.